The average molecular weight is 270 g/mol. The first-order valence-corrected chi connectivity index (χ1v) is 6.20. The molecule has 1 aliphatic rings. The summed E-state index contributed by atoms with van der Waals surface area (Å²) in [6, 6.07) is 2.73. The molecule has 1 saturated heterocycles. The Kier molecular flexibility index (Phi) is 4.11. The van der Waals surface area contributed by atoms with Crippen molar-refractivity contribution in [2.45, 2.75) is 18.4 Å². The van der Waals surface area contributed by atoms with E-state index in [1.54, 1.807) is 0 Å². The largest absolute Gasteiger partial charge is 0.495 e. The molecule has 0 bridgehead atoms. The number of nitrogens with one attached hydrogen (secondary N) is 1. The number of benzene rings is 1. The van der Waals surface area contributed by atoms with E-state index < -0.39 is 11.4 Å². The van der Waals surface area contributed by atoms with Gasteiger partial charge >= 0.3 is 0 Å². The van der Waals surface area contributed by atoms with Gasteiger partial charge in [0.05, 0.1) is 30.6 Å². The van der Waals surface area contributed by atoms with Gasteiger partial charge in [0.1, 0.15) is 11.6 Å². The van der Waals surface area contributed by atoms with Crippen LogP contribution < -0.4 is 15.8 Å². The van der Waals surface area contributed by atoms with Crippen LogP contribution in [0.2, 0.25) is 0 Å². The molecule has 0 spiro atoms. The number of aliphatic hydroxyl groups excluding tert-OH is 1. The van der Waals surface area contributed by atoms with E-state index in [1.165, 1.54) is 19.2 Å². The fourth-order valence-electron chi connectivity index (χ4n) is 2.21. The molecule has 1 aromatic rings. The predicted octanol–water partition coefficient (Wildman–Crippen LogP) is 1.37. The minimum Gasteiger partial charge on any atom is -0.495 e. The highest BCUT2D eigenvalue weighted by molar-refractivity contribution is 5.63. The first-order chi connectivity index (χ1) is 9.10. The highest BCUT2D eigenvalue weighted by atomic mass is 19.1. The Morgan fingerprint density at radius 3 is 2.74 bits per heavy atom. The molecule has 1 aromatic carbocycles. The van der Waals surface area contributed by atoms with E-state index in [2.05, 4.69) is 5.32 Å². The molecule has 0 atom stereocenters. The van der Waals surface area contributed by atoms with Gasteiger partial charge in [-0.25, -0.2) is 4.39 Å². The Labute approximate surface area is 111 Å². The molecule has 5 nitrogen and oxygen atoms in total. The first-order valence-electron chi connectivity index (χ1n) is 6.20. The summed E-state index contributed by atoms with van der Waals surface area (Å²) in [5.74, 6) is -0.0540. The van der Waals surface area contributed by atoms with Gasteiger partial charge in [0, 0.05) is 25.3 Å². The van der Waals surface area contributed by atoms with Gasteiger partial charge in [0.2, 0.25) is 0 Å². The van der Waals surface area contributed by atoms with Crippen molar-refractivity contribution in [2.75, 3.05) is 38.0 Å². The van der Waals surface area contributed by atoms with Crippen molar-refractivity contribution in [1.82, 2.24) is 0 Å². The van der Waals surface area contributed by atoms with Gasteiger partial charge in [-0.3, -0.25) is 0 Å². The van der Waals surface area contributed by atoms with E-state index in [1.807, 2.05) is 0 Å². The second kappa shape index (κ2) is 5.63. The molecule has 106 valence electrons. The topological polar surface area (TPSA) is 76.7 Å². The minimum absolute atomic E-state index is 0.0809. The highest BCUT2D eigenvalue weighted by Gasteiger charge is 2.32. The molecule has 0 aliphatic carbocycles. The summed E-state index contributed by atoms with van der Waals surface area (Å²) in [5.41, 5.74) is 5.61. The number of nitrogen functional groups attached to an aromatic ring is 1. The number of rotatable bonds is 4. The second-order valence-corrected chi connectivity index (χ2v) is 4.75. The number of nitrogens with two attached hydrogens (primary N) is 1. The van der Waals surface area contributed by atoms with Crippen LogP contribution in [0.5, 0.6) is 5.75 Å². The molecule has 19 heavy (non-hydrogen) atoms. The van der Waals surface area contributed by atoms with Crippen LogP contribution in [0.3, 0.4) is 0 Å². The number of aliphatic hydroxyl groups is 1. The van der Waals surface area contributed by atoms with E-state index in [-0.39, 0.29) is 18.0 Å². The second-order valence-electron chi connectivity index (χ2n) is 4.75. The molecule has 1 heterocycles. The lowest BCUT2D eigenvalue weighted by Gasteiger charge is -2.37. The van der Waals surface area contributed by atoms with Crippen LogP contribution in [-0.4, -0.2) is 37.6 Å². The summed E-state index contributed by atoms with van der Waals surface area (Å²) in [4.78, 5) is 0. The third-order valence-corrected chi connectivity index (χ3v) is 3.47. The molecule has 1 aliphatic heterocycles. The van der Waals surface area contributed by atoms with Crippen molar-refractivity contribution >= 4 is 11.4 Å². The molecule has 4 N–H and O–H groups in total. The number of hydrogen-bond donors (Lipinski definition) is 3. The predicted molar refractivity (Wildman–Crippen MR) is 70.9 cm³/mol. The van der Waals surface area contributed by atoms with Crippen LogP contribution in [0.25, 0.3) is 0 Å². The van der Waals surface area contributed by atoms with Crippen molar-refractivity contribution in [1.29, 1.82) is 0 Å². The quantitative estimate of drug-likeness (QED) is 0.720. The maximum atomic E-state index is 13.9. The van der Waals surface area contributed by atoms with E-state index in [4.69, 9.17) is 15.2 Å². The third kappa shape index (κ3) is 2.90. The van der Waals surface area contributed by atoms with Crippen molar-refractivity contribution in [3.63, 3.8) is 0 Å². The van der Waals surface area contributed by atoms with Crippen molar-refractivity contribution < 1.29 is 19.0 Å². The van der Waals surface area contributed by atoms with Gasteiger partial charge < -0.3 is 25.6 Å². The molecule has 0 saturated carbocycles. The summed E-state index contributed by atoms with van der Waals surface area (Å²) in [6.45, 7) is 1.01. The van der Waals surface area contributed by atoms with E-state index in [9.17, 15) is 9.50 Å². The molecule has 1 fully saturated rings. The summed E-state index contributed by atoms with van der Waals surface area (Å²) in [6.07, 6.45) is 1.24. The van der Waals surface area contributed by atoms with Crippen LogP contribution in [0.1, 0.15) is 12.8 Å². The van der Waals surface area contributed by atoms with Crippen LogP contribution in [0, 0.1) is 5.82 Å². The molecular weight excluding hydrogens is 251 g/mol. The van der Waals surface area contributed by atoms with Crippen LogP contribution in [-0.2, 0) is 4.74 Å². The van der Waals surface area contributed by atoms with Crippen molar-refractivity contribution in [3.8, 4) is 5.75 Å². The van der Waals surface area contributed by atoms with Crippen LogP contribution >= 0.6 is 0 Å². The Bertz CT molecular complexity index is 448. The summed E-state index contributed by atoms with van der Waals surface area (Å²) < 4.78 is 24.3. The number of halogens is 1. The van der Waals surface area contributed by atoms with Crippen molar-refractivity contribution in [2.24, 2.45) is 0 Å². The lowest BCUT2D eigenvalue weighted by molar-refractivity contribution is 0.0378. The normalized spacial score (nSPS) is 18.1. The van der Waals surface area contributed by atoms with Crippen molar-refractivity contribution in [3.05, 3.63) is 17.9 Å². The summed E-state index contributed by atoms with van der Waals surface area (Å²) in [7, 11) is 1.48. The van der Waals surface area contributed by atoms with Gasteiger partial charge in [-0.05, 0) is 12.8 Å². The number of anilines is 2. The summed E-state index contributed by atoms with van der Waals surface area (Å²) >= 11 is 0. The molecule has 6 heteroatoms. The average Bonchev–Trinajstić information content (AvgIpc) is 2.43. The Hall–Kier alpha value is -1.53. The minimum atomic E-state index is -0.555. The summed E-state index contributed by atoms with van der Waals surface area (Å²) in [5, 5.41) is 12.7. The van der Waals surface area contributed by atoms with Gasteiger partial charge in [0.15, 0.2) is 0 Å². The van der Waals surface area contributed by atoms with Gasteiger partial charge in [-0.15, -0.1) is 0 Å². The first kappa shape index (κ1) is 13.9. The Morgan fingerprint density at radius 2 is 2.16 bits per heavy atom. The molecule has 2 rings (SSSR count). The molecule has 0 amide bonds. The van der Waals surface area contributed by atoms with Crippen LogP contribution in [0.4, 0.5) is 15.8 Å². The lowest BCUT2D eigenvalue weighted by Crippen LogP contribution is -2.47. The Morgan fingerprint density at radius 1 is 1.47 bits per heavy atom. The lowest BCUT2D eigenvalue weighted by atomic mass is 9.90. The maximum Gasteiger partial charge on any atom is 0.148 e. The maximum absolute atomic E-state index is 13.9. The number of methoxy groups -OCH3 is 1. The SMILES string of the molecule is COc1cc(NC2(CO)CCOCC2)c(F)cc1N. The Balaban J connectivity index is 2.26. The van der Waals surface area contributed by atoms with Crippen LogP contribution in [0.15, 0.2) is 12.1 Å². The third-order valence-electron chi connectivity index (χ3n) is 3.47. The number of hydrogen-bond acceptors (Lipinski definition) is 5. The molecule has 0 aromatic heterocycles. The zero-order valence-corrected chi connectivity index (χ0v) is 10.9. The zero-order valence-electron chi connectivity index (χ0n) is 10.9. The van der Waals surface area contributed by atoms with Gasteiger partial charge in [0.25, 0.3) is 0 Å². The number of ether oxygens (including phenoxy) is 2. The monoisotopic (exact) mass is 270 g/mol. The fourth-order valence-corrected chi connectivity index (χ4v) is 2.21. The van der Waals surface area contributed by atoms with E-state index in [0.29, 0.717) is 31.8 Å². The fraction of sp³-hybridized carbons (Fsp3) is 0.538. The molecular formula is C13H19FN2O3. The van der Waals surface area contributed by atoms with E-state index in [0.717, 1.165) is 0 Å². The molecule has 0 radical (unpaired) electrons. The highest BCUT2D eigenvalue weighted by Crippen LogP contribution is 2.32. The smallest absolute Gasteiger partial charge is 0.148 e. The van der Waals surface area contributed by atoms with E-state index >= 15 is 0 Å². The zero-order chi connectivity index (χ0) is 13.9. The van der Waals surface area contributed by atoms with Gasteiger partial charge in [-0.2, -0.15) is 0 Å². The standard InChI is InChI=1S/C13H19FN2O3/c1-18-12-7-11(9(14)6-10(12)15)16-13(8-17)2-4-19-5-3-13/h6-7,16-17H,2-5,8,15H2,1H3. The molecule has 0 unspecified atom stereocenters. The van der Waals surface area contributed by atoms with Gasteiger partial charge in [-0.1, -0.05) is 0 Å².